The van der Waals surface area contributed by atoms with Gasteiger partial charge in [0.25, 0.3) is 5.91 Å². The Bertz CT molecular complexity index is 581. The van der Waals surface area contributed by atoms with Gasteiger partial charge in [-0.05, 0) is 30.0 Å². The van der Waals surface area contributed by atoms with Gasteiger partial charge in [0, 0.05) is 24.5 Å². The van der Waals surface area contributed by atoms with Crippen LogP contribution in [0.1, 0.15) is 15.2 Å². The number of benzene rings is 1. The SMILES string of the molecule is COc1ccc(C(=O)N(C)CCc2cccs2)c(O)c1. The maximum absolute atomic E-state index is 12.3. The molecule has 0 aliphatic rings. The Kier molecular flexibility index (Phi) is 4.63. The van der Waals surface area contributed by atoms with Crippen LogP contribution in [0.3, 0.4) is 0 Å². The summed E-state index contributed by atoms with van der Waals surface area (Å²) in [7, 11) is 3.25. The molecule has 4 nitrogen and oxygen atoms in total. The number of phenolic OH excluding ortho intramolecular Hbond substituents is 1. The molecule has 106 valence electrons. The van der Waals surface area contributed by atoms with E-state index in [1.165, 1.54) is 18.1 Å². The fraction of sp³-hybridized carbons (Fsp3) is 0.267. The van der Waals surface area contributed by atoms with E-state index in [0.29, 0.717) is 17.9 Å². The molecule has 5 heteroatoms. The van der Waals surface area contributed by atoms with Crippen LogP contribution in [-0.4, -0.2) is 36.6 Å². The average Bonchev–Trinajstić information content (AvgIpc) is 2.97. The molecule has 1 aromatic carbocycles. The molecular formula is C15H17NO3S. The molecule has 1 N–H and O–H groups in total. The number of likely N-dealkylation sites (N-methyl/N-ethyl adjacent to an activating group) is 1. The summed E-state index contributed by atoms with van der Waals surface area (Å²) in [6.45, 7) is 0.616. The van der Waals surface area contributed by atoms with Crippen molar-refractivity contribution in [2.24, 2.45) is 0 Å². The van der Waals surface area contributed by atoms with Crippen molar-refractivity contribution in [3.05, 3.63) is 46.2 Å². The lowest BCUT2D eigenvalue weighted by molar-refractivity contribution is 0.0794. The van der Waals surface area contributed by atoms with E-state index < -0.39 is 0 Å². The molecule has 1 aromatic heterocycles. The number of ether oxygens (including phenoxy) is 1. The van der Waals surface area contributed by atoms with Crippen molar-refractivity contribution in [2.75, 3.05) is 20.7 Å². The number of amides is 1. The van der Waals surface area contributed by atoms with Crippen LogP contribution in [0.5, 0.6) is 11.5 Å². The molecule has 20 heavy (non-hydrogen) atoms. The first-order valence-corrected chi connectivity index (χ1v) is 7.14. The third-order valence-electron chi connectivity index (χ3n) is 3.06. The third-order valence-corrected chi connectivity index (χ3v) is 3.99. The highest BCUT2D eigenvalue weighted by atomic mass is 32.1. The van der Waals surface area contributed by atoms with E-state index in [9.17, 15) is 9.90 Å². The van der Waals surface area contributed by atoms with E-state index in [-0.39, 0.29) is 11.7 Å². The molecule has 1 amide bonds. The van der Waals surface area contributed by atoms with Crippen LogP contribution in [0.25, 0.3) is 0 Å². The van der Waals surface area contributed by atoms with Crippen LogP contribution in [0.2, 0.25) is 0 Å². The van der Waals surface area contributed by atoms with Crippen LogP contribution >= 0.6 is 11.3 Å². The van der Waals surface area contributed by atoms with Gasteiger partial charge >= 0.3 is 0 Å². The lowest BCUT2D eigenvalue weighted by Crippen LogP contribution is -2.28. The molecule has 0 radical (unpaired) electrons. The Morgan fingerprint density at radius 1 is 1.40 bits per heavy atom. The number of nitrogens with zero attached hydrogens (tertiary/aromatic N) is 1. The fourth-order valence-corrected chi connectivity index (χ4v) is 2.56. The first kappa shape index (κ1) is 14.4. The quantitative estimate of drug-likeness (QED) is 0.921. The number of thiophene rings is 1. The van der Waals surface area contributed by atoms with Gasteiger partial charge in [-0.15, -0.1) is 11.3 Å². The summed E-state index contributed by atoms with van der Waals surface area (Å²) >= 11 is 1.68. The Morgan fingerprint density at radius 2 is 2.20 bits per heavy atom. The summed E-state index contributed by atoms with van der Waals surface area (Å²) < 4.78 is 5.00. The van der Waals surface area contributed by atoms with E-state index in [4.69, 9.17) is 4.74 Å². The Morgan fingerprint density at radius 3 is 2.80 bits per heavy atom. The molecule has 0 unspecified atom stereocenters. The number of carbonyl (C=O) groups excluding carboxylic acids is 1. The van der Waals surface area contributed by atoms with Crippen molar-refractivity contribution in [3.63, 3.8) is 0 Å². The maximum atomic E-state index is 12.3. The predicted octanol–water partition coefficient (Wildman–Crippen LogP) is 2.78. The van der Waals surface area contributed by atoms with E-state index in [1.54, 1.807) is 35.4 Å². The van der Waals surface area contributed by atoms with Crippen molar-refractivity contribution in [2.45, 2.75) is 6.42 Å². The Hall–Kier alpha value is -2.01. The van der Waals surface area contributed by atoms with Crippen molar-refractivity contribution in [1.82, 2.24) is 4.90 Å². The molecule has 2 rings (SSSR count). The topological polar surface area (TPSA) is 49.8 Å². The number of rotatable bonds is 5. The predicted molar refractivity (Wildman–Crippen MR) is 79.6 cm³/mol. The fourth-order valence-electron chi connectivity index (χ4n) is 1.86. The molecule has 0 fully saturated rings. The van der Waals surface area contributed by atoms with Crippen molar-refractivity contribution >= 4 is 17.2 Å². The van der Waals surface area contributed by atoms with E-state index in [1.807, 2.05) is 17.5 Å². The van der Waals surface area contributed by atoms with Gasteiger partial charge in [-0.2, -0.15) is 0 Å². The lowest BCUT2D eigenvalue weighted by atomic mass is 10.1. The minimum atomic E-state index is -0.193. The van der Waals surface area contributed by atoms with E-state index in [0.717, 1.165) is 6.42 Å². The van der Waals surface area contributed by atoms with Gasteiger partial charge < -0.3 is 14.7 Å². The molecule has 0 saturated heterocycles. The first-order valence-electron chi connectivity index (χ1n) is 6.26. The smallest absolute Gasteiger partial charge is 0.257 e. The minimum Gasteiger partial charge on any atom is -0.507 e. The van der Waals surface area contributed by atoms with Crippen molar-refractivity contribution in [1.29, 1.82) is 0 Å². The van der Waals surface area contributed by atoms with Crippen LogP contribution in [0.15, 0.2) is 35.7 Å². The summed E-state index contributed by atoms with van der Waals surface area (Å²) in [6.07, 6.45) is 0.816. The van der Waals surface area contributed by atoms with Gasteiger partial charge in [0.2, 0.25) is 0 Å². The Labute approximate surface area is 122 Å². The lowest BCUT2D eigenvalue weighted by Gasteiger charge is -2.17. The molecule has 0 saturated carbocycles. The van der Waals surface area contributed by atoms with Gasteiger partial charge in [-0.3, -0.25) is 4.79 Å². The molecule has 0 bridgehead atoms. The third kappa shape index (κ3) is 3.30. The number of phenols is 1. The van der Waals surface area contributed by atoms with Gasteiger partial charge in [0.1, 0.15) is 11.5 Å². The van der Waals surface area contributed by atoms with Gasteiger partial charge in [0.05, 0.1) is 12.7 Å². The largest absolute Gasteiger partial charge is 0.507 e. The summed E-state index contributed by atoms with van der Waals surface area (Å²) in [4.78, 5) is 15.1. The molecule has 0 spiro atoms. The van der Waals surface area contributed by atoms with Gasteiger partial charge in [-0.25, -0.2) is 0 Å². The molecule has 0 aliphatic heterocycles. The van der Waals surface area contributed by atoms with Crippen LogP contribution in [-0.2, 0) is 6.42 Å². The normalized spacial score (nSPS) is 10.3. The monoisotopic (exact) mass is 291 g/mol. The zero-order valence-corrected chi connectivity index (χ0v) is 12.3. The summed E-state index contributed by atoms with van der Waals surface area (Å²) in [5.74, 6) is 0.277. The number of hydrogen-bond donors (Lipinski definition) is 1. The summed E-state index contributed by atoms with van der Waals surface area (Å²) in [6, 6.07) is 8.74. The summed E-state index contributed by atoms with van der Waals surface area (Å²) in [5.41, 5.74) is 0.291. The minimum absolute atomic E-state index is 0.0580. The second-order valence-corrected chi connectivity index (χ2v) is 5.47. The molecule has 0 aliphatic carbocycles. The standard InChI is InChI=1S/C15H17NO3S/c1-16(8-7-12-4-3-9-20-12)15(18)13-6-5-11(19-2)10-14(13)17/h3-6,9-10,17H,7-8H2,1-2H3. The zero-order valence-electron chi connectivity index (χ0n) is 11.5. The Balaban J connectivity index is 2.02. The summed E-state index contributed by atoms with van der Waals surface area (Å²) in [5, 5.41) is 11.9. The highest BCUT2D eigenvalue weighted by molar-refractivity contribution is 7.09. The second-order valence-electron chi connectivity index (χ2n) is 4.44. The number of methoxy groups -OCH3 is 1. The van der Waals surface area contributed by atoms with Crippen LogP contribution < -0.4 is 4.74 Å². The molecular weight excluding hydrogens is 274 g/mol. The number of carbonyl (C=O) groups is 1. The highest BCUT2D eigenvalue weighted by Crippen LogP contribution is 2.24. The van der Waals surface area contributed by atoms with Crippen LogP contribution in [0.4, 0.5) is 0 Å². The van der Waals surface area contributed by atoms with E-state index >= 15 is 0 Å². The van der Waals surface area contributed by atoms with Crippen molar-refractivity contribution < 1.29 is 14.6 Å². The van der Waals surface area contributed by atoms with Crippen LogP contribution in [0, 0.1) is 0 Å². The number of hydrogen-bond acceptors (Lipinski definition) is 4. The van der Waals surface area contributed by atoms with E-state index in [2.05, 4.69) is 0 Å². The van der Waals surface area contributed by atoms with Gasteiger partial charge in [0.15, 0.2) is 0 Å². The molecule has 0 atom stereocenters. The first-order chi connectivity index (χ1) is 9.61. The average molecular weight is 291 g/mol. The zero-order chi connectivity index (χ0) is 14.5. The highest BCUT2D eigenvalue weighted by Gasteiger charge is 2.16. The molecule has 2 aromatic rings. The second kappa shape index (κ2) is 6.43. The molecule has 1 heterocycles. The van der Waals surface area contributed by atoms with Gasteiger partial charge in [-0.1, -0.05) is 6.07 Å². The maximum Gasteiger partial charge on any atom is 0.257 e. The van der Waals surface area contributed by atoms with Crippen molar-refractivity contribution in [3.8, 4) is 11.5 Å². The number of aromatic hydroxyl groups is 1.